The quantitative estimate of drug-likeness (QED) is 0.709. The number of hydrogen-bond acceptors (Lipinski definition) is 3. The molecule has 14 heavy (non-hydrogen) atoms. The Labute approximate surface area is 84.0 Å². The van der Waals surface area contributed by atoms with Crippen molar-refractivity contribution in [3.05, 3.63) is 18.0 Å². The van der Waals surface area contributed by atoms with Gasteiger partial charge in [-0.15, -0.1) is 0 Å². The number of H-pyrrole nitrogens is 1. The Balaban J connectivity index is 1.76. The lowest BCUT2D eigenvalue weighted by Gasteiger charge is -2.16. The zero-order valence-corrected chi connectivity index (χ0v) is 8.49. The normalized spacial score (nSPS) is 18.4. The molecule has 4 heteroatoms. The summed E-state index contributed by atoms with van der Waals surface area (Å²) in [6, 6.07) is 2.49. The van der Waals surface area contributed by atoms with Gasteiger partial charge >= 0.3 is 0 Å². The molecule has 0 amide bonds. The van der Waals surface area contributed by atoms with Gasteiger partial charge in [-0.2, -0.15) is 5.10 Å². The van der Waals surface area contributed by atoms with Gasteiger partial charge in [0, 0.05) is 31.6 Å². The summed E-state index contributed by atoms with van der Waals surface area (Å²) < 4.78 is 5.19. The number of nitrogens with zero attached hydrogens (tertiary/aromatic N) is 1. The molecule has 2 N–H and O–H groups in total. The van der Waals surface area contributed by atoms with Crippen LogP contribution in [0.3, 0.4) is 0 Å². The predicted octanol–water partition coefficient (Wildman–Crippen LogP) is 0.924. The molecule has 0 aliphatic heterocycles. The van der Waals surface area contributed by atoms with E-state index in [-0.39, 0.29) is 0 Å². The largest absolute Gasteiger partial charge is 0.383 e. The molecule has 1 fully saturated rings. The summed E-state index contributed by atoms with van der Waals surface area (Å²) in [7, 11) is 1.76. The minimum atomic E-state index is 0.503. The SMILES string of the molecule is COCC(NCc1ccn[nH]1)C1CC1. The lowest BCUT2D eigenvalue weighted by Crippen LogP contribution is -2.34. The predicted molar refractivity (Wildman–Crippen MR) is 53.8 cm³/mol. The molecule has 0 saturated heterocycles. The Morgan fingerprint density at radius 2 is 2.57 bits per heavy atom. The summed E-state index contributed by atoms with van der Waals surface area (Å²) >= 11 is 0. The maximum absolute atomic E-state index is 5.19. The summed E-state index contributed by atoms with van der Waals surface area (Å²) in [4.78, 5) is 0. The molecule has 1 unspecified atom stereocenters. The van der Waals surface area contributed by atoms with Crippen LogP contribution in [0, 0.1) is 5.92 Å². The van der Waals surface area contributed by atoms with Crippen molar-refractivity contribution in [2.24, 2.45) is 5.92 Å². The van der Waals surface area contributed by atoms with Gasteiger partial charge in [0.1, 0.15) is 0 Å². The molecule has 1 atom stereocenters. The number of ether oxygens (including phenoxy) is 1. The van der Waals surface area contributed by atoms with Gasteiger partial charge in [0.25, 0.3) is 0 Å². The van der Waals surface area contributed by atoms with Gasteiger partial charge in [-0.1, -0.05) is 0 Å². The molecule has 2 rings (SSSR count). The van der Waals surface area contributed by atoms with Crippen LogP contribution in [0.2, 0.25) is 0 Å². The van der Waals surface area contributed by atoms with E-state index in [0.29, 0.717) is 6.04 Å². The zero-order valence-electron chi connectivity index (χ0n) is 8.49. The summed E-state index contributed by atoms with van der Waals surface area (Å²) in [5.41, 5.74) is 1.13. The average Bonchev–Trinajstić information content (AvgIpc) is 2.90. The van der Waals surface area contributed by atoms with Crippen LogP contribution < -0.4 is 5.32 Å². The van der Waals surface area contributed by atoms with E-state index < -0.39 is 0 Å². The molecular weight excluding hydrogens is 178 g/mol. The standard InChI is InChI=1S/C10H17N3O/c1-14-7-10(8-2-3-8)11-6-9-4-5-12-13-9/h4-5,8,10-11H,2-3,6-7H2,1H3,(H,12,13). The first-order valence-corrected chi connectivity index (χ1v) is 5.10. The molecular formula is C10H17N3O. The van der Waals surface area contributed by atoms with Gasteiger partial charge < -0.3 is 10.1 Å². The van der Waals surface area contributed by atoms with Crippen LogP contribution >= 0.6 is 0 Å². The minimum Gasteiger partial charge on any atom is -0.383 e. The van der Waals surface area contributed by atoms with Crippen molar-refractivity contribution in [1.29, 1.82) is 0 Å². The number of aromatic nitrogens is 2. The third-order valence-electron chi connectivity index (χ3n) is 2.65. The van der Waals surface area contributed by atoms with E-state index >= 15 is 0 Å². The van der Waals surface area contributed by atoms with Crippen LogP contribution in [-0.2, 0) is 11.3 Å². The fraction of sp³-hybridized carbons (Fsp3) is 0.700. The number of methoxy groups -OCH3 is 1. The van der Waals surface area contributed by atoms with Crippen molar-refractivity contribution < 1.29 is 4.74 Å². The molecule has 0 radical (unpaired) electrons. The van der Waals surface area contributed by atoms with E-state index in [2.05, 4.69) is 15.5 Å². The van der Waals surface area contributed by atoms with E-state index in [1.165, 1.54) is 12.8 Å². The average molecular weight is 195 g/mol. The number of hydrogen-bond donors (Lipinski definition) is 2. The van der Waals surface area contributed by atoms with Crippen molar-refractivity contribution in [1.82, 2.24) is 15.5 Å². The second-order valence-electron chi connectivity index (χ2n) is 3.86. The van der Waals surface area contributed by atoms with Gasteiger partial charge in [0.15, 0.2) is 0 Å². The highest BCUT2D eigenvalue weighted by atomic mass is 16.5. The van der Waals surface area contributed by atoms with Crippen molar-refractivity contribution >= 4 is 0 Å². The Bertz CT molecular complexity index is 256. The van der Waals surface area contributed by atoms with E-state index in [1.54, 1.807) is 13.3 Å². The molecule has 0 spiro atoms. The lowest BCUT2D eigenvalue weighted by atomic mass is 10.2. The lowest BCUT2D eigenvalue weighted by molar-refractivity contribution is 0.157. The first kappa shape index (κ1) is 9.68. The highest BCUT2D eigenvalue weighted by Crippen LogP contribution is 2.32. The summed E-state index contributed by atoms with van der Waals surface area (Å²) in [6.45, 7) is 1.66. The molecule has 0 aromatic carbocycles. The Hall–Kier alpha value is -0.870. The molecule has 78 valence electrons. The van der Waals surface area contributed by atoms with Gasteiger partial charge in [-0.05, 0) is 24.8 Å². The van der Waals surface area contributed by atoms with E-state index in [0.717, 1.165) is 24.8 Å². The molecule has 1 aromatic heterocycles. The summed E-state index contributed by atoms with van der Waals surface area (Å²) in [5, 5.41) is 10.3. The summed E-state index contributed by atoms with van der Waals surface area (Å²) in [5.74, 6) is 0.817. The van der Waals surface area contributed by atoms with Crippen molar-refractivity contribution in [3.63, 3.8) is 0 Å². The Kier molecular flexibility index (Phi) is 3.16. The van der Waals surface area contributed by atoms with Gasteiger partial charge in [0.2, 0.25) is 0 Å². The van der Waals surface area contributed by atoms with Crippen LogP contribution in [0.15, 0.2) is 12.3 Å². The van der Waals surface area contributed by atoms with Crippen molar-refractivity contribution in [2.75, 3.05) is 13.7 Å². The maximum Gasteiger partial charge on any atom is 0.0618 e. The van der Waals surface area contributed by atoms with Gasteiger partial charge in [-0.3, -0.25) is 5.10 Å². The third kappa shape index (κ3) is 2.56. The smallest absolute Gasteiger partial charge is 0.0618 e. The highest BCUT2D eigenvalue weighted by molar-refractivity contribution is 4.98. The van der Waals surface area contributed by atoms with Crippen LogP contribution in [0.5, 0.6) is 0 Å². The second kappa shape index (κ2) is 4.57. The van der Waals surface area contributed by atoms with E-state index in [9.17, 15) is 0 Å². The number of rotatable bonds is 6. The minimum absolute atomic E-state index is 0.503. The van der Waals surface area contributed by atoms with Crippen LogP contribution in [0.4, 0.5) is 0 Å². The molecule has 0 bridgehead atoms. The van der Waals surface area contributed by atoms with Crippen LogP contribution in [0.25, 0.3) is 0 Å². The molecule has 1 aromatic rings. The van der Waals surface area contributed by atoms with Gasteiger partial charge in [0.05, 0.1) is 6.61 Å². The third-order valence-corrected chi connectivity index (χ3v) is 2.65. The summed E-state index contributed by atoms with van der Waals surface area (Å²) in [6.07, 6.45) is 4.45. The number of aromatic amines is 1. The molecule has 1 aliphatic rings. The fourth-order valence-electron chi connectivity index (χ4n) is 1.66. The molecule has 1 saturated carbocycles. The van der Waals surface area contributed by atoms with Crippen molar-refractivity contribution in [2.45, 2.75) is 25.4 Å². The first-order valence-electron chi connectivity index (χ1n) is 5.10. The molecule has 1 aliphatic carbocycles. The molecule has 1 heterocycles. The second-order valence-corrected chi connectivity index (χ2v) is 3.86. The Morgan fingerprint density at radius 1 is 1.71 bits per heavy atom. The monoisotopic (exact) mass is 195 g/mol. The van der Waals surface area contributed by atoms with Crippen molar-refractivity contribution in [3.8, 4) is 0 Å². The van der Waals surface area contributed by atoms with Gasteiger partial charge in [-0.25, -0.2) is 0 Å². The van der Waals surface area contributed by atoms with Crippen LogP contribution in [-0.4, -0.2) is 30.0 Å². The van der Waals surface area contributed by atoms with Crippen LogP contribution in [0.1, 0.15) is 18.5 Å². The first-order chi connectivity index (χ1) is 6.90. The maximum atomic E-state index is 5.19. The fourth-order valence-corrected chi connectivity index (χ4v) is 1.66. The topological polar surface area (TPSA) is 49.9 Å². The Morgan fingerprint density at radius 3 is 3.14 bits per heavy atom. The van der Waals surface area contributed by atoms with E-state index in [4.69, 9.17) is 4.74 Å². The molecule has 4 nitrogen and oxygen atoms in total. The zero-order chi connectivity index (χ0) is 9.80. The number of nitrogens with one attached hydrogen (secondary N) is 2. The highest BCUT2D eigenvalue weighted by Gasteiger charge is 2.30. The van der Waals surface area contributed by atoms with E-state index in [1.807, 2.05) is 6.07 Å².